The summed E-state index contributed by atoms with van der Waals surface area (Å²) in [4.78, 5) is 14.8. The fourth-order valence-corrected chi connectivity index (χ4v) is 6.60. The molecule has 1 aromatic carbocycles. The van der Waals surface area contributed by atoms with Gasteiger partial charge in [0.2, 0.25) is 10.0 Å². The van der Waals surface area contributed by atoms with Crippen LogP contribution >= 0.6 is 11.3 Å². The van der Waals surface area contributed by atoms with E-state index in [-0.39, 0.29) is 46.8 Å². The molecule has 2 N–H and O–H groups in total. The summed E-state index contributed by atoms with van der Waals surface area (Å²) < 4.78 is 59.8. The Labute approximate surface area is 204 Å². The number of likely N-dealkylation sites (N-methyl/N-ethyl adjacent to an activating group) is 1. The first-order valence-corrected chi connectivity index (χ1v) is 14.8. The first kappa shape index (κ1) is 26.4. The molecule has 0 aliphatic carbocycles. The normalized spacial score (nSPS) is 20.3. The number of nitrogens with zero attached hydrogens (tertiary/aromatic N) is 2. The first-order valence-electron chi connectivity index (χ1n) is 10.5. The van der Waals surface area contributed by atoms with Crippen LogP contribution < -0.4 is 9.46 Å². The lowest BCUT2D eigenvalue weighted by Crippen LogP contribution is -2.50. The third-order valence-electron chi connectivity index (χ3n) is 5.58. The molecule has 10 nitrogen and oxygen atoms in total. The lowest BCUT2D eigenvalue weighted by atomic mass is 9.99. The maximum atomic E-state index is 13.3. The van der Waals surface area contributed by atoms with Gasteiger partial charge in [-0.25, -0.2) is 16.8 Å². The minimum atomic E-state index is -3.76. The van der Waals surface area contributed by atoms with Crippen LogP contribution in [0.2, 0.25) is 0 Å². The topological polar surface area (TPSA) is 133 Å². The van der Waals surface area contributed by atoms with Crippen molar-refractivity contribution in [1.82, 2.24) is 9.21 Å². The average Bonchev–Trinajstić information content (AvgIpc) is 3.30. The minimum absolute atomic E-state index is 0.0199. The molecule has 2 heterocycles. The molecule has 0 unspecified atom stereocenters. The molecular formula is C21H29N3O7S3. The van der Waals surface area contributed by atoms with Gasteiger partial charge in [0, 0.05) is 19.5 Å². The van der Waals surface area contributed by atoms with Gasteiger partial charge in [-0.1, -0.05) is 19.1 Å². The number of benzene rings is 1. The molecule has 3 atom stereocenters. The van der Waals surface area contributed by atoms with Crippen molar-refractivity contribution in [3.05, 3.63) is 41.3 Å². The van der Waals surface area contributed by atoms with Crippen LogP contribution in [0.1, 0.15) is 24.2 Å². The summed E-state index contributed by atoms with van der Waals surface area (Å²) in [7, 11) is -6.00. The molecule has 0 radical (unpaired) electrons. The molecule has 0 fully saturated rings. The summed E-state index contributed by atoms with van der Waals surface area (Å²) in [5.74, 6) is -0.747. The number of amides is 1. The lowest BCUT2D eigenvalue weighted by molar-refractivity contribution is 0.0389. The highest BCUT2D eigenvalue weighted by Gasteiger charge is 2.36. The van der Waals surface area contributed by atoms with Crippen molar-refractivity contribution in [2.45, 2.75) is 30.2 Å². The number of para-hydroxylation sites is 1. The smallest absolute Gasteiger partial charge is 0.258 e. The number of sulfonamides is 2. The number of anilines is 1. The van der Waals surface area contributed by atoms with Crippen molar-refractivity contribution in [2.24, 2.45) is 5.92 Å². The third-order valence-corrected chi connectivity index (χ3v) is 9.37. The Bertz CT molecular complexity index is 1230. The second-order valence-electron chi connectivity index (χ2n) is 8.40. The maximum absolute atomic E-state index is 13.3. The van der Waals surface area contributed by atoms with Crippen molar-refractivity contribution >= 4 is 43.0 Å². The van der Waals surface area contributed by atoms with E-state index in [4.69, 9.17) is 4.74 Å². The van der Waals surface area contributed by atoms with Crippen LogP contribution in [-0.2, 0) is 20.0 Å². The van der Waals surface area contributed by atoms with E-state index >= 15 is 0 Å². The number of aliphatic hydroxyl groups excluding tert-OH is 1. The van der Waals surface area contributed by atoms with Crippen molar-refractivity contribution < 1.29 is 31.5 Å². The van der Waals surface area contributed by atoms with Crippen LogP contribution in [0.4, 0.5) is 5.69 Å². The maximum Gasteiger partial charge on any atom is 0.258 e. The molecule has 0 bridgehead atoms. The van der Waals surface area contributed by atoms with Gasteiger partial charge >= 0.3 is 0 Å². The molecule has 1 aliphatic rings. The zero-order chi connectivity index (χ0) is 25.3. The minimum Gasteiger partial charge on any atom is -0.486 e. The monoisotopic (exact) mass is 531 g/mol. The van der Waals surface area contributed by atoms with E-state index in [0.29, 0.717) is 0 Å². The van der Waals surface area contributed by atoms with Crippen LogP contribution in [-0.4, -0.2) is 82.2 Å². The molecule has 34 heavy (non-hydrogen) atoms. The second kappa shape index (κ2) is 10.2. The highest BCUT2D eigenvalue weighted by molar-refractivity contribution is 7.92. The molecule has 3 rings (SSSR count). The summed E-state index contributed by atoms with van der Waals surface area (Å²) >= 11 is 1.11. The van der Waals surface area contributed by atoms with Crippen LogP contribution in [0.5, 0.6) is 5.75 Å². The van der Waals surface area contributed by atoms with E-state index < -0.39 is 38.1 Å². The van der Waals surface area contributed by atoms with Crippen LogP contribution in [0.15, 0.2) is 39.9 Å². The summed E-state index contributed by atoms with van der Waals surface area (Å²) in [5, 5.41) is 11.4. The number of hydrogen-bond acceptors (Lipinski definition) is 8. The number of rotatable bonds is 8. The van der Waals surface area contributed by atoms with Gasteiger partial charge in [-0.05, 0) is 30.5 Å². The molecule has 0 saturated carbocycles. The predicted molar refractivity (Wildman–Crippen MR) is 130 cm³/mol. The molecule has 0 saturated heterocycles. The van der Waals surface area contributed by atoms with Gasteiger partial charge in [-0.2, -0.15) is 4.31 Å². The summed E-state index contributed by atoms with van der Waals surface area (Å²) in [5.41, 5.74) is 0.197. The fourth-order valence-electron chi connectivity index (χ4n) is 3.66. The molecule has 13 heteroatoms. The molecule has 1 aromatic heterocycles. The molecule has 2 aromatic rings. The second-order valence-corrected chi connectivity index (χ2v) is 13.4. The Morgan fingerprint density at radius 2 is 1.97 bits per heavy atom. The van der Waals surface area contributed by atoms with E-state index in [1.807, 2.05) is 6.92 Å². The molecule has 188 valence electrons. The number of nitrogens with one attached hydrogen (secondary N) is 1. The van der Waals surface area contributed by atoms with Crippen LogP contribution in [0.3, 0.4) is 0 Å². The highest BCUT2D eigenvalue weighted by atomic mass is 32.2. The summed E-state index contributed by atoms with van der Waals surface area (Å²) in [6.45, 7) is 3.42. The van der Waals surface area contributed by atoms with Crippen molar-refractivity contribution in [3.63, 3.8) is 0 Å². The largest absolute Gasteiger partial charge is 0.486 e. The number of carbonyl (C=O) groups excluding carboxylic acids is 1. The lowest BCUT2D eigenvalue weighted by Gasteiger charge is -2.38. The standard InChI is InChI=1S/C21H29N3O7S3/c1-14-11-24(15(2)13-25)21(26)16-7-5-8-17(22-33(4,27)28)20(16)31-18(14)12-23(3)34(29,30)19-9-6-10-32-19/h5-10,14-15,18,22,25H,11-13H2,1-4H3/t14-,15+,18+/m0/s1. The Hall–Kier alpha value is -2.19. The molecule has 1 aliphatic heterocycles. The van der Waals surface area contributed by atoms with Gasteiger partial charge < -0.3 is 14.7 Å². The van der Waals surface area contributed by atoms with Gasteiger partial charge in [0.25, 0.3) is 15.9 Å². The van der Waals surface area contributed by atoms with Gasteiger partial charge in [-0.15, -0.1) is 11.3 Å². The summed E-state index contributed by atoms with van der Waals surface area (Å²) in [6, 6.07) is 7.18. The average molecular weight is 532 g/mol. The van der Waals surface area contributed by atoms with Crippen LogP contribution in [0.25, 0.3) is 0 Å². The Morgan fingerprint density at radius 3 is 2.56 bits per heavy atom. The van der Waals surface area contributed by atoms with E-state index in [2.05, 4.69) is 4.72 Å². The first-order chi connectivity index (χ1) is 15.8. The van der Waals surface area contributed by atoms with E-state index in [1.165, 1.54) is 40.5 Å². The Kier molecular flexibility index (Phi) is 7.92. The number of thiophene rings is 1. The SMILES string of the molecule is C[C@H](CO)N1C[C@H](C)[C@@H](CN(C)S(=O)(=O)c2cccs2)Oc2c(NS(C)(=O)=O)cccc2C1=O. The zero-order valence-corrected chi connectivity index (χ0v) is 21.8. The van der Waals surface area contributed by atoms with Crippen molar-refractivity contribution in [1.29, 1.82) is 0 Å². The number of carbonyl (C=O) groups is 1. The Balaban J connectivity index is 2.06. The fraction of sp³-hybridized carbons (Fsp3) is 0.476. The molecule has 1 amide bonds. The van der Waals surface area contributed by atoms with Crippen molar-refractivity contribution in [3.8, 4) is 5.75 Å². The van der Waals surface area contributed by atoms with Crippen molar-refractivity contribution in [2.75, 3.05) is 37.7 Å². The number of hydrogen-bond donors (Lipinski definition) is 2. The van der Waals surface area contributed by atoms with E-state index in [9.17, 15) is 26.7 Å². The molecule has 0 spiro atoms. The number of ether oxygens (including phenoxy) is 1. The van der Waals surface area contributed by atoms with Gasteiger partial charge in [-0.3, -0.25) is 9.52 Å². The van der Waals surface area contributed by atoms with E-state index in [1.54, 1.807) is 18.4 Å². The Morgan fingerprint density at radius 1 is 1.26 bits per heavy atom. The van der Waals surface area contributed by atoms with Gasteiger partial charge in [0.05, 0.1) is 36.7 Å². The quantitative estimate of drug-likeness (QED) is 0.529. The van der Waals surface area contributed by atoms with Gasteiger partial charge in [0.1, 0.15) is 10.3 Å². The zero-order valence-electron chi connectivity index (χ0n) is 19.3. The highest BCUT2D eigenvalue weighted by Crippen LogP contribution is 2.35. The third kappa shape index (κ3) is 5.71. The summed E-state index contributed by atoms with van der Waals surface area (Å²) in [6.07, 6.45) is 0.265. The molecular weight excluding hydrogens is 502 g/mol. The predicted octanol–water partition coefficient (Wildman–Crippen LogP) is 1.66. The van der Waals surface area contributed by atoms with Crippen LogP contribution in [0, 0.1) is 5.92 Å². The van der Waals surface area contributed by atoms with Gasteiger partial charge in [0.15, 0.2) is 5.75 Å². The number of aliphatic hydroxyl groups is 1. The van der Waals surface area contributed by atoms with E-state index in [0.717, 1.165) is 17.6 Å². The number of fused-ring (bicyclic) bond motifs is 1.